The third kappa shape index (κ3) is 2.54. The van der Waals surface area contributed by atoms with E-state index in [0.717, 1.165) is 18.8 Å². The van der Waals surface area contributed by atoms with E-state index in [-0.39, 0.29) is 0 Å². The van der Waals surface area contributed by atoms with Gasteiger partial charge >= 0.3 is 0 Å². The van der Waals surface area contributed by atoms with Crippen molar-refractivity contribution in [2.24, 2.45) is 0 Å². The van der Waals surface area contributed by atoms with Gasteiger partial charge in [-0.3, -0.25) is 9.25 Å². The summed E-state index contributed by atoms with van der Waals surface area (Å²) < 4.78 is 9.06. The summed E-state index contributed by atoms with van der Waals surface area (Å²) in [5.74, 6) is 0. The number of rotatable bonds is 5. The lowest BCUT2D eigenvalue weighted by atomic mass is 10.2. The highest BCUT2D eigenvalue weighted by Gasteiger charge is 2.20. The van der Waals surface area contributed by atoms with Crippen molar-refractivity contribution in [3.8, 4) is 5.69 Å². The number of nitrogens with zero attached hydrogens (tertiary/aromatic N) is 4. The van der Waals surface area contributed by atoms with Crippen molar-refractivity contribution in [1.29, 1.82) is 0 Å². The summed E-state index contributed by atoms with van der Waals surface area (Å²) in [5, 5.41) is 7.85. The second-order valence-corrected chi connectivity index (χ2v) is 4.79. The molecule has 3 heterocycles. The molecule has 1 atom stereocenters. The quantitative estimate of drug-likeness (QED) is 0.877. The highest BCUT2D eigenvalue weighted by Crippen LogP contribution is 2.24. The molecule has 0 aliphatic carbocycles. The van der Waals surface area contributed by atoms with Crippen LogP contribution in [0.2, 0.25) is 0 Å². The van der Waals surface area contributed by atoms with Crippen LogP contribution in [-0.4, -0.2) is 39.6 Å². The first-order chi connectivity index (χ1) is 9.38. The van der Waals surface area contributed by atoms with Crippen LogP contribution in [-0.2, 0) is 11.3 Å². The molecule has 1 saturated heterocycles. The van der Waals surface area contributed by atoms with Gasteiger partial charge in [-0.25, -0.2) is 4.98 Å². The standard InChI is InChI=1S/C13H19N5O/c1-19-6-5-17-9-11(7-16-17)18-10-14-8-13(18)12-3-2-4-15-12/h7-10,12,15H,2-6H2,1H3. The zero-order valence-corrected chi connectivity index (χ0v) is 11.1. The van der Waals surface area contributed by atoms with Crippen LogP contribution in [0.3, 0.4) is 0 Å². The third-order valence-electron chi connectivity index (χ3n) is 3.51. The molecule has 1 fully saturated rings. The van der Waals surface area contributed by atoms with Crippen molar-refractivity contribution in [2.45, 2.75) is 25.4 Å². The van der Waals surface area contributed by atoms with Crippen molar-refractivity contribution >= 4 is 0 Å². The summed E-state index contributed by atoms with van der Waals surface area (Å²) in [6.07, 6.45) is 10.1. The maximum atomic E-state index is 5.06. The topological polar surface area (TPSA) is 56.9 Å². The fourth-order valence-electron chi connectivity index (χ4n) is 2.50. The monoisotopic (exact) mass is 261 g/mol. The molecular weight excluding hydrogens is 242 g/mol. The van der Waals surface area contributed by atoms with Gasteiger partial charge in [-0.15, -0.1) is 0 Å². The van der Waals surface area contributed by atoms with Crippen LogP contribution in [0.4, 0.5) is 0 Å². The van der Waals surface area contributed by atoms with Gasteiger partial charge in [0.1, 0.15) is 0 Å². The smallest absolute Gasteiger partial charge is 0.0995 e. The van der Waals surface area contributed by atoms with Gasteiger partial charge in [0.15, 0.2) is 0 Å². The van der Waals surface area contributed by atoms with Gasteiger partial charge in [0.2, 0.25) is 0 Å². The molecule has 1 aliphatic rings. The average molecular weight is 261 g/mol. The zero-order valence-electron chi connectivity index (χ0n) is 11.1. The van der Waals surface area contributed by atoms with Gasteiger partial charge in [0.25, 0.3) is 0 Å². The van der Waals surface area contributed by atoms with Crippen molar-refractivity contribution in [3.05, 3.63) is 30.6 Å². The van der Waals surface area contributed by atoms with Crippen molar-refractivity contribution < 1.29 is 4.74 Å². The van der Waals surface area contributed by atoms with Crippen LogP contribution in [0.5, 0.6) is 0 Å². The lowest BCUT2D eigenvalue weighted by Gasteiger charge is -2.12. The summed E-state index contributed by atoms with van der Waals surface area (Å²) in [7, 11) is 1.70. The van der Waals surface area contributed by atoms with Gasteiger partial charge < -0.3 is 10.1 Å². The minimum atomic E-state index is 0.407. The summed E-state index contributed by atoms with van der Waals surface area (Å²) >= 11 is 0. The lowest BCUT2D eigenvalue weighted by Crippen LogP contribution is -2.16. The van der Waals surface area contributed by atoms with Gasteiger partial charge in [-0.2, -0.15) is 5.10 Å². The second kappa shape index (κ2) is 5.54. The predicted octanol–water partition coefficient (Wildman–Crippen LogP) is 1.14. The number of ether oxygens (including phenoxy) is 1. The van der Waals surface area contributed by atoms with E-state index < -0.39 is 0 Å². The molecule has 19 heavy (non-hydrogen) atoms. The summed E-state index contributed by atoms with van der Waals surface area (Å²) in [6.45, 7) is 2.52. The van der Waals surface area contributed by atoms with Gasteiger partial charge in [-0.1, -0.05) is 0 Å². The van der Waals surface area contributed by atoms with Crippen LogP contribution in [0, 0.1) is 0 Å². The van der Waals surface area contributed by atoms with E-state index in [1.807, 2.05) is 29.6 Å². The molecule has 6 heteroatoms. The molecule has 2 aromatic heterocycles. The third-order valence-corrected chi connectivity index (χ3v) is 3.51. The SMILES string of the molecule is COCCn1cc(-n2cncc2C2CCCN2)cn1. The van der Waals surface area contributed by atoms with E-state index in [1.165, 1.54) is 18.5 Å². The van der Waals surface area contributed by atoms with Crippen LogP contribution < -0.4 is 5.32 Å². The first-order valence-electron chi connectivity index (χ1n) is 6.66. The van der Waals surface area contributed by atoms with Gasteiger partial charge in [0, 0.05) is 19.3 Å². The van der Waals surface area contributed by atoms with Crippen molar-refractivity contribution in [2.75, 3.05) is 20.3 Å². The Kier molecular flexibility index (Phi) is 3.61. The summed E-state index contributed by atoms with van der Waals surface area (Å²) in [6, 6.07) is 0.407. The molecule has 0 saturated carbocycles. The number of hydrogen-bond acceptors (Lipinski definition) is 4. The molecule has 1 unspecified atom stereocenters. The molecule has 102 valence electrons. The van der Waals surface area contributed by atoms with Crippen molar-refractivity contribution in [1.82, 2.24) is 24.6 Å². The van der Waals surface area contributed by atoms with E-state index in [1.54, 1.807) is 7.11 Å². The number of imidazole rings is 1. The zero-order chi connectivity index (χ0) is 13.1. The van der Waals surface area contributed by atoms with Crippen molar-refractivity contribution in [3.63, 3.8) is 0 Å². The van der Waals surface area contributed by atoms with E-state index in [0.29, 0.717) is 12.6 Å². The van der Waals surface area contributed by atoms with E-state index in [9.17, 15) is 0 Å². The highest BCUT2D eigenvalue weighted by atomic mass is 16.5. The molecule has 0 radical (unpaired) electrons. The van der Waals surface area contributed by atoms with Gasteiger partial charge in [0.05, 0.1) is 43.3 Å². The summed E-state index contributed by atoms with van der Waals surface area (Å²) in [5.41, 5.74) is 2.26. The fraction of sp³-hybridized carbons (Fsp3) is 0.538. The fourth-order valence-corrected chi connectivity index (χ4v) is 2.50. The van der Waals surface area contributed by atoms with Crippen LogP contribution in [0.25, 0.3) is 5.69 Å². The molecule has 3 rings (SSSR count). The molecule has 0 aromatic carbocycles. The van der Waals surface area contributed by atoms with E-state index >= 15 is 0 Å². The largest absolute Gasteiger partial charge is 0.383 e. The Morgan fingerprint density at radius 2 is 2.42 bits per heavy atom. The van der Waals surface area contributed by atoms with Crippen LogP contribution in [0.1, 0.15) is 24.6 Å². The Hall–Kier alpha value is -1.66. The molecule has 2 aromatic rings. The van der Waals surface area contributed by atoms with E-state index in [2.05, 4.69) is 20.0 Å². The molecule has 6 nitrogen and oxygen atoms in total. The van der Waals surface area contributed by atoms with Crippen LogP contribution in [0.15, 0.2) is 24.9 Å². The first kappa shape index (κ1) is 12.4. The molecule has 0 amide bonds. The Morgan fingerprint density at radius 1 is 1.47 bits per heavy atom. The Bertz CT molecular complexity index is 527. The normalized spacial score (nSPS) is 19.1. The van der Waals surface area contributed by atoms with Gasteiger partial charge in [-0.05, 0) is 19.4 Å². The average Bonchev–Trinajstić information content (AvgIpc) is 3.14. The number of aromatic nitrogens is 4. The maximum Gasteiger partial charge on any atom is 0.0995 e. The lowest BCUT2D eigenvalue weighted by molar-refractivity contribution is 0.183. The molecule has 0 bridgehead atoms. The maximum absolute atomic E-state index is 5.06. The Labute approximate surface area is 112 Å². The number of nitrogens with one attached hydrogen (secondary N) is 1. The number of methoxy groups -OCH3 is 1. The Morgan fingerprint density at radius 3 is 3.21 bits per heavy atom. The summed E-state index contributed by atoms with van der Waals surface area (Å²) in [4.78, 5) is 4.28. The molecule has 1 aliphatic heterocycles. The second-order valence-electron chi connectivity index (χ2n) is 4.79. The first-order valence-corrected chi connectivity index (χ1v) is 6.66. The molecule has 0 spiro atoms. The minimum absolute atomic E-state index is 0.407. The predicted molar refractivity (Wildman–Crippen MR) is 71.2 cm³/mol. The van der Waals surface area contributed by atoms with E-state index in [4.69, 9.17) is 4.74 Å². The molecule has 1 N–H and O–H groups in total. The Balaban J connectivity index is 1.81. The highest BCUT2D eigenvalue weighted by molar-refractivity contribution is 5.29. The van der Waals surface area contributed by atoms with Crippen LogP contribution >= 0.6 is 0 Å². The molecular formula is C13H19N5O. The number of hydrogen-bond donors (Lipinski definition) is 1. The minimum Gasteiger partial charge on any atom is -0.383 e.